The number of halogens is 1. The van der Waals surface area contributed by atoms with Crippen LogP contribution in [-0.2, 0) is 4.74 Å². The Morgan fingerprint density at radius 1 is 0.686 bits per heavy atom. The molecule has 11 aliphatic rings. The van der Waals surface area contributed by atoms with Crippen LogP contribution in [0.4, 0.5) is 0 Å². The van der Waals surface area contributed by atoms with E-state index in [4.69, 9.17) is 25.8 Å². The lowest BCUT2D eigenvalue weighted by molar-refractivity contribution is -0.182. The molecule has 2 aromatic heterocycles. The fourth-order valence-corrected chi connectivity index (χ4v) is 14.4. The molecule has 7 saturated carbocycles. The van der Waals surface area contributed by atoms with Gasteiger partial charge >= 0.3 is 11.9 Å². The van der Waals surface area contributed by atoms with Crippen LogP contribution < -0.4 is 30.3 Å². The molecule has 2 atom stereocenters. The molecule has 14 nitrogen and oxygen atoms in total. The zero-order valence-electron chi connectivity index (χ0n) is 40.3. The number of rotatable bonds is 10. The second-order valence-corrected chi connectivity index (χ2v) is 24.0. The van der Waals surface area contributed by atoms with E-state index in [1.807, 2.05) is 21.5 Å². The molecule has 6 heterocycles. The van der Waals surface area contributed by atoms with Gasteiger partial charge in [-0.3, -0.25) is 29.0 Å². The van der Waals surface area contributed by atoms with E-state index in [1.165, 1.54) is 23.9 Å². The van der Waals surface area contributed by atoms with Crippen LogP contribution in [0.5, 0.6) is 11.5 Å². The summed E-state index contributed by atoms with van der Waals surface area (Å²) < 4.78 is 21.8. The second kappa shape index (κ2) is 14.9. The van der Waals surface area contributed by atoms with Crippen molar-refractivity contribution in [2.75, 3.05) is 29.8 Å². The fourth-order valence-electron chi connectivity index (χ4n) is 14.2. The van der Waals surface area contributed by atoms with Crippen LogP contribution in [0.15, 0.2) is 58.4 Å². The zero-order chi connectivity index (χ0) is 49.1. The average Bonchev–Trinajstić information content (AvgIpc) is 3.99. The number of hydrogen-bond donors (Lipinski definition) is 1. The minimum atomic E-state index is -1.20. The number of ether oxygens (including phenoxy) is 3. The Morgan fingerprint density at radius 3 is 1.64 bits per heavy atom. The van der Waals surface area contributed by atoms with Crippen molar-refractivity contribution >= 4 is 23.5 Å². The molecular weight excluding hydrogens is 908 g/mol. The van der Waals surface area contributed by atoms with Gasteiger partial charge in [0, 0.05) is 46.5 Å². The number of benzene rings is 2. The number of nitrogens with zero attached hydrogens (tertiary/aromatic N) is 6. The summed E-state index contributed by atoms with van der Waals surface area (Å²) >= 11 is 6.69. The highest BCUT2D eigenvalue weighted by molar-refractivity contribution is 6.32. The topological polar surface area (TPSA) is 180 Å². The lowest BCUT2D eigenvalue weighted by Crippen LogP contribution is -2.63. The summed E-state index contributed by atoms with van der Waals surface area (Å²) in [6.45, 7) is 11.8. The lowest BCUT2D eigenvalue weighted by atomic mass is 9.36. The van der Waals surface area contributed by atoms with Gasteiger partial charge in [-0.1, -0.05) is 11.6 Å². The van der Waals surface area contributed by atoms with E-state index in [9.17, 15) is 34.8 Å². The quantitative estimate of drug-likeness (QED) is 0.149. The van der Waals surface area contributed by atoms with Crippen molar-refractivity contribution in [1.82, 2.24) is 9.35 Å². The average molecular weight is 966 g/mol. The first-order valence-corrected chi connectivity index (χ1v) is 25.3. The number of carboxylic acids is 1. The highest BCUT2D eigenvalue weighted by atomic mass is 35.5. The van der Waals surface area contributed by atoms with Gasteiger partial charge in [-0.25, -0.2) is 9.59 Å². The van der Waals surface area contributed by atoms with E-state index in [0.29, 0.717) is 35.6 Å². The van der Waals surface area contributed by atoms with Crippen molar-refractivity contribution in [2.45, 2.75) is 141 Å². The van der Waals surface area contributed by atoms with Gasteiger partial charge in [0.15, 0.2) is 10.9 Å². The molecule has 4 bridgehead atoms. The van der Waals surface area contributed by atoms with Gasteiger partial charge < -0.3 is 19.3 Å². The van der Waals surface area contributed by atoms with Crippen molar-refractivity contribution in [1.29, 1.82) is 10.5 Å². The number of fused-ring (bicyclic) bond motifs is 12. The number of nitriles is 2. The van der Waals surface area contributed by atoms with Crippen molar-refractivity contribution in [3.05, 3.63) is 102 Å². The maximum atomic E-state index is 12.9. The summed E-state index contributed by atoms with van der Waals surface area (Å²) in [6.07, 6.45) is 14.8. The first kappa shape index (κ1) is 44.9. The van der Waals surface area contributed by atoms with E-state index in [0.717, 1.165) is 111 Å². The smallest absolute Gasteiger partial charge is 0.343 e. The summed E-state index contributed by atoms with van der Waals surface area (Å²) in [5.41, 5.74) is 5.48. The van der Waals surface area contributed by atoms with Gasteiger partial charge in [0.2, 0.25) is 0 Å². The Kier molecular flexibility index (Phi) is 9.56. The van der Waals surface area contributed by atoms with E-state index >= 15 is 0 Å². The molecule has 362 valence electrons. The number of hydrogen-bond acceptors (Lipinski definition) is 11. The highest BCUT2D eigenvalue weighted by Crippen LogP contribution is 2.74. The van der Waals surface area contributed by atoms with E-state index in [1.54, 1.807) is 13.1 Å². The van der Waals surface area contributed by atoms with Gasteiger partial charge in [0.25, 0.3) is 0 Å². The summed E-state index contributed by atoms with van der Waals surface area (Å²) in [5.74, 6) is 0.249. The third kappa shape index (κ3) is 6.60. The van der Waals surface area contributed by atoms with Crippen LogP contribution in [0.25, 0.3) is 22.5 Å². The normalized spacial score (nSPS) is 29.7. The fraction of sp³-hybridized carbons (Fsp3) is 0.527. The SMILES string of the molecule is CC1(C)CC[C@@H]2c3cc(OCC45CC(C#N)(C4)C5)c(C4CC4)cc3-c3cc(=O)c(C(=O)O)cn3N21.CCOC(=O)c1cn2c(cc1=O)-c1cc(Cl)c(OCC34CC(C#N)(C3)C4)cc1[C@H]1CCC(C)(C)N12. The zero-order valence-corrected chi connectivity index (χ0v) is 41.1. The predicted molar refractivity (Wildman–Crippen MR) is 260 cm³/mol. The molecule has 2 aromatic carbocycles. The molecule has 70 heavy (non-hydrogen) atoms. The van der Waals surface area contributed by atoms with Crippen LogP contribution in [0.3, 0.4) is 0 Å². The lowest BCUT2D eigenvalue weighted by Gasteiger charge is -2.66. The van der Waals surface area contributed by atoms with Crippen LogP contribution in [0, 0.1) is 44.3 Å². The number of carbonyl (C=O) groups is 2. The van der Waals surface area contributed by atoms with Gasteiger partial charge in [0.1, 0.15) is 22.6 Å². The van der Waals surface area contributed by atoms with Gasteiger partial charge in [0.05, 0.1) is 82.4 Å². The Hall–Kier alpha value is -6.25. The number of pyridine rings is 2. The number of carbonyl (C=O) groups excluding carboxylic acids is 1. The minimum Gasteiger partial charge on any atom is -0.493 e. The maximum absolute atomic E-state index is 12.9. The van der Waals surface area contributed by atoms with Crippen LogP contribution in [-0.4, -0.2) is 57.3 Å². The number of aromatic carboxylic acids is 1. The second-order valence-electron chi connectivity index (χ2n) is 23.6. The molecule has 4 aliphatic heterocycles. The predicted octanol–water partition coefficient (Wildman–Crippen LogP) is 9.71. The molecule has 9 fully saturated rings. The maximum Gasteiger partial charge on any atom is 0.343 e. The largest absolute Gasteiger partial charge is 0.493 e. The van der Waals surface area contributed by atoms with Gasteiger partial charge in [-0.05, 0) is 159 Å². The first-order valence-electron chi connectivity index (χ1n) is 24.9. The van der Waals surface area contributed by atoms with Crippen LogP contribution in [0.1, 0.15) is 167 Å². The Balaban J connectivity index is 0.000000144. The van der Waals surface area contributed by atoms with Crippen molar-refractivity contribution < 1.29 is 28.9 Å². The molecule has 0 amide bonds. The molecule has 0 unspecified atom stereocenters. The molecule has 0 radical (unpaired) electrons. The van der Waals surface area contributed by atoms with Gasteiger partial charge in [-0.15, -0.1) is 0 Å². The van der Waals surface area contributed by atoms with Crippen molar-refractivity contribution in [3.8, 4) is 46.2 Å². The number of carboxylic acid groups (broad SMARTS) is 1. The summed E-state index contributed by atoms with van der Waals surface area (Å²) in [6, 6.07) is 16.4. The molecule has 15 rings (SSSR count). The monoisotopic (exact) mass is 964 g/mol. The van der Waals surface area contributed by atoms with E-state index in [-0.39, 0.29) is 68.0 Å². The third-order valence-corrected chi connectivity index (χ3v) is 17.8. The molecule has 0 spiro atoms. The number of esters is 1. The Morgan fingerprint density at radius 2 is 1.16 bits per heavy atom. The summed E-state index contributed by atoms with van der Waals surface area (Å²) in [4.78, 5) is 49.9. The summed E-state index contributed by atoms with van der Waals surface area (Å²) in [7, 11) is 0. The molecule has 7 aliphatic carbocycles. The molecule has 2 saturated heterocycles. The minimum absolute atomic E-state index is 0.0280. The molecular formula is C55H57ClN6O8. The van der Waals surface area contributed by atoms with Gasteiger partial charge in [-0.2, -0.15) is 10.5 Å². The van der Waals surface area contributed by atoms with E-state index < -0.39 is 17.4 Å². The highest BCUT2D eigenvalue weighted by Gasteiger charge is 2.69. The number of aromatic nitrogens is 2. The summed E-state index contributed by atoms with van der Waals surface area (Å²) in [5, 5.41) is 33.3. The Bertz CT molecular complexity index is 3170. The molecule has 1 N–H and O–H groups in total. The standard InChI is InChI=1S/C28H29N3O4.C27H28ClN3O4/c1-26(2)6-5-21-19-8-24(35-15-28-11-27(12-28,13-28)14-29)17(16-3-4-16)7-18(19)22-9-23(32)20(25(33)34)10-30(22)31(21)26;1-4-34-24(33)18-10-30-21(9-22(18)32)16-7-19(28)23(35-15-27-11-26(12-27,13-27)14-29)8-17(16)20-5-6-25(2,3)31(20)30/h7-10,16,21H,3-6,11-13,15H2,1-2H3,(H,33,34);7-10,20H,4-6,11-13,15H2,1-3H3/t21-,27?,28?;20-,26?,27?/m11/s1. The van der Waals surface area contributed by atoms with E-state index in [2.05, 4.69) is 62.0 Å². The Labute approximate surface area is 411 Å². The third-order valence-electron chi connectivity index (χ3n) is 17.5. The van der Waals surface area contributed by atoms with Crippen LogP contribution in [0.2, 0.25) is 5.02 Å². The van der Waals surface area contributed by atoms with Crippen molar-refractivity contribution in [3.63, 3.8) is 0 Å². The first-order chi connectivity index (χ1) is 33.2. The molecule has 15 heteroatoms. The molecule has 4 aromatic rings. The van der Waals surface area contributed by atoms with Crippen molar-refractivity contribution in [2.24, 2.45) is 21.7 Å². The van der Waals surface area contributed by atoms with Crippen LogP contribution >= 0.6 is 11.6 Å².